The number of ether oxygens (including phenoxy) is 1. The summed E-state index contributed by atoms with van der Waals surface area (Å²) in [6.07, 6.45) is 2.71. The summed E-state index contributed by atoms with van der Waals surface area (Å²) in [6, 6.07) is 8.06. The number of para-hydroxylation sites is 1. The number of benzene rings is 1. The van der Waals surface area contributed by atoms with E-state index in [1.807, 2.05) is 29.0 Å². The van der Waals surface area contributed by atoms with Gasteiger partial charge in [-0.3, -0.25) is 14.5 Å². The Morgan fingerprint density at radius 1 is 1.33 bits per heavy atom. The Labute approximate surface area is 156 Å². The molecule has 0 spiro atoms. The molecular formula is C20H22N4O3. The smallest absolute Gasteiger partial charge is 0.325 e. The lowest BCUT2D eigenvalue weighted by Gasteiger charge is -2.27. The molecule has 7 nitrogen and oxygen atoms in total. The summed E-state index contributed by atoms with van der Waals surface area (Å²) >= 11 is 0. The predicted molar refractivity (Wildman–Crippen MR) is 101 cm³/mol. The highest BCUT2D eigenvalue weighted by atomic mass is 16.5. The molecule has 3 heterocycles. The molecule has 1 aliphatic rings. The van der Waals surface area contributed by atoms with Gasteiger partial charge in [-0.05, 0) is 25.0 Å². The number of hydrogen-bond acceptors (Lipinski definition) is 5. The second kappa shape index (κ2) is 7.00. The zero-order valence-electron chi connectivity index (χ0n) is 15.5. The number of esters is 1. The first kappa shape index (κ1) is 17.5. The summed E-state index contributed by atoms with van der Waals surface area (Å²) in [5, 5.41) is 1.13. The average molecular weight is 366 g/mol. The summed E-state index contributed by atoms with van der Waals surface area (Å²) in [7, 11) is 1.40. The summed E-state index contributed by atoms with van der Waals surface area (Å²) in [5.74, 6) is 0.378. The maximum atomic E-state index is 12.1. The minimum atomic E-state index is -0.270. The molecule has 0 saturated heterocycles. The van der Waals surface area contributed by atoms with Crippen LogP contribution in [0.15, 0.2) is 35.3 Å². The molecule has 140 valence electrons. The largest absolute Gasteiger partial charge is 0.468 e. The molecule has 3 aromatic rings. The number of carbonyl (C=O) groups excluding carboxylic acids is 1. The molecule has 27 heavy (non-hydrogen) atoms. The number of methoxy groups -OCH3 is 1. The molecule has 2 aromatic heterocycles. The van der Waals surface area contributed by atoms with Crippen LogP contribution in [0.25, 0.3) is 10.9 Å². The van der Waals surface area contributed by atoms with Crippen LogP contribution in [0.2, 0.25) is 0 Å². The molecule has 0 atom stereocenters. The summed E-state index contributed by atoms with van der Waals surface area (Å²) < 4.78 is 6.74. The van der Waals surface area contributed by atoms with Crippen molar-refractivity contribution in [1.29, 1.82) is 0 Å². The van der Waals surface area contributed by atoms with Gasteiger partial charge in [-0.25, -0.2) is 4.98 Å². The summed E-state index contributed by atoms with van der Waals surface area (Å²) in [5.41, 5.74) is 3.80. The number of hydrogen-bond donors (Lipinski definition) is 1. The maximum Gasteiger partial charge on any atom is 0.325 e. The number of fused-ring (bicyclic) bond motifs is 2. The molecule has 0 radical (unpaired) electrons. The van der Waals surface area contributed by atoms with Crippen molar-refractivity contribution in [3.63, 3.8) is 0 Å². The van der Waals surface area contributed by atoms with Gasteiger partial charge in [0.15, 0.2) is 0 Å². The molecule has 0 amide bonds. The van der Waals surface area contributed by atoms with Crippen molar-refractivity contribution in [2.45, 2.75) is 33.0 Å². The Balaban J connectivity index is 1.62. The highest BCUT2D eigenvalue weighted by molar-refractivity contribution is 5.85. The number of H-pyrrole nitrogens is 1. The van der Waals surface area contributed by atoms with E-state index in [2.05, 4.69) is 20.9 Å². The number of carbonyl (C=O) groups is 1. The zero-order valence-corrected chi connectivity index (χ0v) is 15.5. The van der Waals surface area contributed by atoms with E-state index in [-0.39, 0.29) is 18.1 Å². The normalized spacial score (nSPS) is 14.3. The predicted octanol–water partition coefficient (Wildman–Crippen LogP) is 1.76. The minimum absolute atomic E-state index is 0.0215. The third-order valence-electron chi connectivity index (χ3n) is 5.06. The van der Waals surface area contributed by atoms with Crippen LogP contribution in [0.3, 0.4) is 0 Å². The fraction of sp³-hybridized carbons (Fsp3) is 0.350. The molecule has 7 heteroatoms. The van der Waals surface area contributed by atoms with Gasteiger partial charge in [-0.2, -0.15) is 0 Å². The monoisotopic (exact) mass is 366 g/mol. The van der Waals surface area contributed by atoms with Gasteiger partial charge in [0.2, 0.25) is 0 Å². The molecule has 0 saturated carbocycles. The third-order valence-corrected chi connectivity index (χ3v) is 5.06. The number of nitrogens with zero attached hydrogens (tertiary/aromatic N) is 3. The van der Waals surface area contributed by atoms with Crippen LogP contribution < -0.4 is 5.56 Å². The van der Waals surface area contributed by atoms with E-state index in [0.29, 0.717) is 18.8 Å². The second-order valence-electron chi connectivity index (χ2n) is 6.91. The Morgan fingerprint density at radius 3 is 2.96 bits per heavy atom. The fourth-order valence-corrected chi connectivity index (χ4v) is 3.78. The topological polar surface area (TPSA) is 80.2 Å². The molecule has 0 aliphatic carbocycles. The van der Waals surface area contributed by atoms with E-state index in [0.717, 1.165) is 40.8 Å². The second-order valence-corrected chi connectivity index (χ2v) is 6.91. The van der Waals surface area contributed by atoms with Crippen molar-refractivity contribution in [2.75, 3.05) is 13.7 Å². The van der Waals surface area contributed by atoms with E-state index in [4.69, 9.17) is 4.74 Å². The minimum Gasteiger partial charge on any atom is -0.468 e. The van der Waals surface area contributed by atoms with Gasteiger partial charge in [-0.1, -0.05) is 18.2 Å². The maximum absolute atomic E-state index is 12.1. The molecule has 1 aliphatic heterocycles. The molecule has 4 rings (SSSR count). The van der Waals surface area contributed by atoms with Crippen molar-refractivity contribution >= 4 is 16.9 Å². The lowest BCUT2D eigenvalue weighted by Crippen LogP contribution is -2.35. The number of rotatable bonds is 4. The van der Waals surface area contributed by atoms with Gasteiger partial charge in [0.05, 0.1) is 12.8 Å². The van der Waals surface area contributed by atoms with Crippen LogP contribution in [0.4, 0.5) is 0 Å². The lowest BCUT2D eigenvalue weighted by atomic mass is 10.1. The van der Waals surface area contributed by atoms with Crippen LogP contribution in [-0.2, 0) is 35.6 Å². The Kier molecular flexibility index (Phi) is 4.53. The van der Waals surface area contributed by atoms with E-state index in [1.165, 1.54) is 7.11 Å². The zero-order chi connectivity index (χ0) is 19.0. The van der Waals surface area contributed by atoms with Crippen molar-refractivity contribution in [2.24, 2.45) is 0 Å². The molecule has 1 aromatic carbocycles. The van der Waals surface area contributed by atoms with Gasteiger partial charge in [0, 0.05) is 42.3 Å². The van der Waals surface area contributed by atoms with Crippen molar-refractivity contribution in [3.05, 3.63) is 63.5 Å². The lowest BCUT2D eigenvalue weighted by molar-refractivity contribution is -0.141. The van der Waals surface area contributed by atoms with Crippen molar-refractivity contribution in [1.82, 2.24) is 19.4 Å². The van der Waals surface area contributed by atoms with E-state index in [9.17, 15) is 9.59 Å². The van der Waals surface area contributed by atoms with Crippen molar-refractivity contribution < 1.29 is 9.53 Å². The van der Waals surface area contributed by atoms with Crippen LogP contribution in [0, 0.1) is 6.92 Å². The van der Waals surface area contributed by atoms with E-state index < -0.39 is 0 Å². The van der Waals surface area contributed by atoms with E-state index >= 15 is 0 Å². The van der Waals surface area contributed by atoms with Crippen LogP contribution in [-0.4, -0.2) is 39.1 Å². The van der Waals surface area contributed by atoms with Gasteiger partial charge >= 0.3 is 5.97 Å². The van der Waals surface area contributed by atoms with Gasteiger partial charge in [0.1, 0.15) is 12.4 Å². The third kappa shape index (κ3) is 3.38. The molecule has 1 N–H and O–H groups in total. The first-order valence-electron chi connectivity index (χ1n) is 8.99. The first-order chi connectivity index (χ1) is 13.0. The van der Waals surface area contributed by atoms with Crippen LogP contribution in [0.1, 0.15) is 22.6 Å². The molecule has 0 fully saturated rings. The Bertz CT molecular complexity index is 1070. The van der Waals surface area contributed by atoms with Gasteiger partial charge in [0.25, 0.3) is 5.56 Å². The summed E-state index contributed by atoms with van der Waals surface area (Å²) in [4.78, 5) is 33.4. The van der Waals surface area contributed by atoms with Gasteiger partial charge in [-0.15, -0.1) is 0 Å². The Morgan fingerprint density at radius 2 is 2.15 bits per heavy atom. The number of aromatic amines is 1. The van der Waals surface area contributed by atoms with Gasteiger partial charge < -0.3 is 14.3 Å². The highest BCUT2D eigenvalue weighted by Crippen LogP contribution is 2.24. The van der Waals surface area contributed by atoms with Crippen LogP contribution in [0.5, 0.6) is 0 Å². The van der Waals surface area contributed by atoms with Crippen molar-refractivity contribution in [3.8, 4) is 0 Å². The Hall–Kier alpha value is -2.93. The fourth-order valence-electron chi connectivity index (χ4n) is 3.78. The van der Waals surface area contributed by atoms with E-state index in [1.54, 1.807) is 6.92 Å². The summed E-state index contributed by atoms with van der Waals surface area (Å²) in [6.45, 7) is 4.19. The molecule has 0 unspecified atom stereocenters. The average Bonchev–Trinajstić information content (AvgIpc) is 2.98. The number of aryl methyl sites for hydroxylation is 1. The molecule has 0 bridgehead atoms. The number of aromatic nitrogens is 3. The molecular weight excluding hydrogens is 344 g/mol. The first-order valence-corrected chi connectivity index (χ1v) is 8.99. The van der Waals surface area contributed by atoms with Crippen LogP contribution >= 0.6 is 0 Å². The highest BCUT2D eigenvalue weighted by Gasteiger charge is 2.22. The standard InChI is InChI=1S/C20H22N4O3/c1-13-21-17-11-23(8-7-16(17)20(26)22-13)9-14-10-24(12-19(25)27-2)18-6-4-3-5-15(14)18/h3-6,10H,7-9,11-12H2,1-2H3,(H,21,22,26). The quantitative estimate of drug-likeness (QED) is 0.712. The SMILES string of the molecule is COC(=O)Cn1cc(CN2CCc3c(nc(C)[nH]c3=O)C2)c2ccccc21. The number of nitrogens with one attached hydrogen (secondary N) is 1.